The van der Waals surface area contributed by atoms with Crippen molar-refractivity contribution in [2.24, 2.45) is 0 Å². The minimum Gasteiger partial charge on any atom is -0.493 e. The van der Waals surface area contributed by atoms with Crippen LogP contribution in [0.15, 0.2) is 65.7 Å². The molecule has 0 aliphatic rings. The Morgan fingerprint density at radius 1 is 0.927 bits per heavy atom. The maximum absolute atomic E-state index is 14.9. The van der Waals surface area contributed by atoms with Gasteiger partial charge in [0.05, 0.1) is 30.8 Å². The first-order valence-electron chi connectivity index (χ1n) is 12.8. The van der Waals surface area contributed by atoms with Crippen molar-refractivity contribution in [1.82, 2.24) is 29.3 Å². The normalized spacial score (nSPS) is 11.3. The molecule has 3 heterocycles. The van der Waals surface area contributed by atoms with Crippen LogP contribution in [0.5, 0.6) is 11.5 Å². The number of anilines is 1. The number of para-hydroxylation sites is 1. The Morgan fingerprint density at radius 2 is 1.66 bits per heavy atom. The summed E-state index contributed by atoms with van der Waals surface area (Å²) in [6.45, 7) is 3.84. The third kappa shape index (κ3) is 4.22. The molecule has 3 aromatic carbocycles. The highest BCUT2D eigenvalue weighted by atomic mass is 19.1. The number of methoxy groups -OCH3 is 2. The van der Waals surface area contributed by atoms with Crippen LogP contribution in [-0.4, -0.2) is 43.5 Å². The first-order chi connectivity index (χ1) is 19.8. The summed E-state index contributed by atoms with van der Waals surface area (Å²) in [6.07, 6.45) is 1.36. The molecule has 0 spiro atoms. The molecule has 0 aliphatic carbocycles. The molecule has 0 unspecified atom stereocenters. The fourth-order valence-corrected chi connectivity index (χ4v) is 5.19. The Balaban J connectivity index is 1.62. The number of nitrogens with zero attached hydrogens (tertiary/aromatic N) is 6. The van der Waals surface area contributed by atoms with Gasteiger partial charge in [0, 0.05) is 5.56 Å². The predicted molar refractivity (Wildman–Crippen MR) is 154 cm³/mol. The van der Waals surface area contributed by atoms with Gasteiger partial charge in [-0.2, -0.15) is 5.10 Å². The van der Waals surface area contributed by atoms with Gasteiger partial charge >= 0.3 is 0 Å². The van der Waals surface area contributed by atoms with Crippen LogP contribution in [0.25, 0.3) is 38.9 Å². The molecule has 0 radical (unpaired) electrons. The van der Waals surface area contributed by atoms with Crippen LogP contribution in [0.3, 0.4) is 0 Å². The number of hydrogen-bond donors (Lipinski definition) is 1. The van der Waals surface area contributed by atoms with E-state index in [0.29, 0.717) is 45.3 Å². The third-order valence-electron chi connectivity index (χ3n) is 7.09. The topological polar surface area (TPSA) is 123 Å². The Morgan fingerprint density at radius 3 is 2.39 bits per heavy atom. The number of ether oxygens (including phenoxy) is 2. The molecule has 0 bridgehead atoms. The zero-order chi connectivity index (χ0) is 28.8. The van der Waals surface area contributed by atoms with E-state index in [1.807, 2.05) is 38.1 Å². The molecule has 10 nitrogen and oxygen atoms in total. The first kappa shape index (κ1) is 25.9. The molecule has 0 saturated heterocycles. The SMILES string of the molecule is COc1ccc(-c2nn(Cc3nc4cccc(F)c4c(=O)n3-c3c(C)cccc3C)c3ncnc(N)c23)cc1OC. The first-order valence-corrected chi connectivity index (χ1v) is 12.8. The largest absolute Gasteiger partial charge is 0.493 e. The molecule has 206 valence electrons. The highest BCUT2D eigenvalue weighted by Crippen LogP contribution is 2.36. The fraction of sp³-hybridized carbons (Fsp3) is 0.167. The van der Waals surface area contributed by atoms with Gasteiger partial charge in [0.15, 0.2) is 17.1 Å². The molecule has 0 aliphatic heterocycles. The van der Waals surface area contributed by atoms with Crippen molar-refractivity contribution in [3.63, 3.8) is 0 Å². The van der Waals surface area contributed by atoms with E-state index in [1.54, 1.807) is 37.1 Å². The van der Waals surface area contributed by atoms with Crippen LogP contribution in [0.4, 0.5) is 10.2 Å². The second-order valence-electron chi connectivity index (χ2n) is 9.58. The number of nitrogens with two attached hydrogens (primary N) is 1. The maximum atomic E-state index is 14.9. The molecule has 11 heteroatoms. The molecule has 2 N–H and O–H groups in total. The van der Waals surface area contributed by atoms with Gasteiger partial charge in [-0.05, 0) is 55.3 Å². The molecule has 0 saturated carbocycles. The zero-order valence-electron chi connectivity index (χ0n) is 22.8. The molecule has 6 aromatic rings. The van der Waals surface area contributed by atoms with Crippen LogP contribution in [0.2, 0.25) is 0 Å². The van der Waals surface area contributed by atoms with E-state index in [-0.39, 0.29) is 23.3 Å². The molecule has 0 atom stereocenters. The Hall–Kier alpha value is -5.32. The molecule has 6 rings (SSSR count). The van der Waals surface area contributed by atoms with Crippen LogP contribution >= 0.6 is 0 Å². The van der Waals surface area contributed by atoms with Crippen molar-refractivity contribution in [1.29, 1.82) is 0 Å². The average molecular weight is 552 g/mol. The van der Waals surface area contributed by atoms with Crippen LogP contribution in [0.1, 0.15) is 17.0 Å². The van der Waals surface area contributed by atoms with Gasteiger partial charge < -0.3 is 15.2 Å². The summed E-state index contributed by atoms with van der Waals surface area (Å²) in [5.74, 6) is 1.05. The number of benzene rings is 3. The van der Waals surface area contributed by atoms with Crippen molar-refractivity contribution in [3.8, 4) is 28.4 Å². The van der Waals surface area contributed by atoms with E-state index in [2.05, 4.69) is 9.97 Å². The number of nitrogen functional groups attached to an aromatic ring is 1. The number of rotatable bonds is 6. The van der Waals surface area contributed by atoms with E-state index in [1.165, 1.54) is 23.0 Å². The van der Waals surface area contributed by atoms with E-state index in [4.69, 9.17) is 25.3 Å². The van der Waals surface area contributed by atoms with Crippen LogP contribution in [-0.2, 0) is 6.54 Å². The molecule has 3 aromatic heterocycles. The lowest BCUT2D eigenvalue weighted by atomic mass is 10.1. The third-order valence-corrected chi connectivity index (χ3v) is 7.09. The standard InChI is InChI=1S/C30H26FN7O3/c1-16-7-5-8-17(2)27(16)38-23(35-20-10-6-9-19(31)24(20)30(38)39)14-37-29-25(28(32)33-15-34-29)26(36-37)18-11-12-21(40-3)22(13-18)41-4/h5-13,15H,14H2,1-4H3,(H2,32,33,34). The highest BCUT2D eigenvalue weighted by molar-refractivity contribution is 5.98. The van der Waals surface area contributed by atoms with Gasteiger partial charge in [0.2, 0.25) is 0 Å². The van der Waals surface area contributed by atoms with Crippen LogP contribution < -0.4 is 20.8 Å². The van der Waals surface area contributed by atoms with Gasteiger partial charge in [-0.3, -0.25) is 9.36 Å². The van der Waals surface area contributed by atoms with E-state index in [0.717, 1.165) is 11.1 Å². The average Bonchev–Trinajstić information content (AvgIpc) is 3.33. The van der Waals surface area contributed by atoms with Crippen molar-refractivity contribution >= 4 is 27.8 Å². The Kier molecular flexibility index (Phi) is 6.33. The summed E-state index contributed by atoms with van der Waals surface area (Å²) in [5, 5.41) is 5.31. The van der Waals surface area contributed by atoms with Crippen molar-refractivity contribution in [2.75, 3.05) is 20.0 Å². The minimum absolute atomic E-state index is 0.0374. The second-order valence-corrected chi connectivity index (χ2v) is 9.58. The number of aromatic nitrogens is 6. The lowest BCUT2D eigenvalue weighted by Crippen LogP contribution is -2.27. The van der Waals surface area contributed by atoms with E-state index >= 15 is 0 Å². The Bertz CT molecular complexity index is 2010. The number of fused-ring (bicyclic) bond motifs is 2. The summed E-state index contributed by atoms with van der Waals surface area (Å²) < 4.78 is 28.9. The summed E-state index contributed by atoms with van der Waals surface area (Å²) in [7, 11) is 3.11. The highest BCUT2D eigenvalue weighted by Gasteiger charge is 2.23. The lowest BCUT2D eigenvalue weighted by molar-refractivity contribution is 0.355. The van der Waals surface area contributed by atoms with Gasteiger partial charge in [-0.25, -0.2) is 24.0 Å². The van der Waals surface area contributed by atoms with Crippen molar-refractivity contribution in [2.45, 2.75) is 20.4 Å². The minimum atomic E-state index is -0.632. The lowest BCUT2D eigenvalue weighted by Gasteiger charge is -2.18. The monoisotopic (exact) mass is 551 g/mol. The molecular weight excluding hydrogens is 525 g/mol. The smallest absolute Gasteiger partial charge is 0.269 e. The van der Waals surface area contributed by atoms with Gasteiger partial charge in [-0.15, -0.1) is 0 Å². The van der Waals surface area contributed by atoms with Crippen LogP contribution in [0, 0.1) is 19.7 Å². The summed E-state index contributed by atoms with van der Waals surface area (Å²) in [5.41, 5.74) is 10.1. The molecule has 41 heavy (non-hydrogen) atoms. The van der Waals surface area contributed by atoms with Gasteiger partial charge in [-0.1, -0.05) is 24.3 Å². The molecular formula is C30H26FN7O3. The summed E-state index contributed by atoms with van der Waals surface area (Å²) in [4.78, 5) is 27.3. The number of aryl methyl sites for hydroxylation is 2. The predicted octanol–water partition coefficient (Wildman–Crippen LogP) is 4.60. The van der Waals surface area contributed by atoms with Crippen molar-refractivity contribution < 1.29 is 13.9 Å². The quantitative estimate of drug-likeness (QED) is 0.319. The van der Waals surface area contributed by atoms with E-state index in [9.17, 15) is 9.18 Å². The maximum Gasteiger partial charge on any atom is 0.269 e. The summed E-state index contributed by atoms with van der Waals surface area (Å²) >= 11 is 0. The van der Waals surface area contributed by atoms with E-state index < -0.39 is 11.4 Å². The summed E-state index contributed by atoms with van der Waals surface area (Å²) in [6, 6.07) is 15.5. The molecule has 0 amide bonds. The van der Waals surface area contributed by atoms with Gasteiger partial charge in [0.25, 0.3) is 5.56 Å². The number of halogens is 1. The number of hydrogen-bond acceptors (Lipinski definition) is 8. The van der Waals surface area contributed by atoms with Gasteiger partial charge in [0.1, 0.15) is 41.4 Å². The molecule has 0 fully saturated rings. The van der Waals surface area contributed by atoms with Crippen molar-refractivity contribution in [3.05, 3.63) is 94.0 Å². The zero-order valence-corrected chi connectivity index (χ0v) is 22.8. The fourth-order valence-electron chi connectivity index (χ4n) is 5.19. The second kappa shape index (κ2) is 10.0. The Labute approximate surface area is 233 Å².